The lowest BCUT2D eigenvalue weighted by Crippen LogP contribution is -2.20. The summed E-state index contributed by atoms with van der Waals surface area (Å²) >= 11 is 0. The summed E-state index contributed by atoms with van der Waals surface area (Å²) in [5.74, 6) is -0.855. The number of hydrogen-bond acceptors (Lipinski definition) is 4. The molecular formula is C8H9NO4. The highest BCUT2D eigenvalue weighted by atomic mass is 16.5. The van der Waals surface area contributed by atoms with Crippen molar-refractivity contribution in [2.24, 2.45) is 0 Å². The quantitative estimate of drug-likeness (QED) is 0.388. The third-order valence-electron chi connectivity index (χ3n) is 1.45. The Hall–Kier alpha value is -1.75. The number of phenols is 2. The maximum absolute atomic E-state index is 10.7. The monoisotopic (exact) mass is 183 g/mol. The lowest BCUT2D eigenvalue weighted by molar-refractivity contribution is -0.128. The van der Waals surface area contributed by atoms with Crippen LogP contribution in [0.5, 0.6) is 11.5 Å². The standard InChI is InChI=1S/C8H9NO4/c10-6-1-5(2-7(11)4-6)3-8(12)9-13/h1-2,4,10-11,13H,3H2,(H,9,12). The van der Waals surface area contributed by atoms with Gasteiger partial charge in [-0.05, 0) is 17.7 Å². The molecule has 0 heterocycles. The second-order valence-electron chi connectivity index (χ2n) is 2.57. The van der Waals surface area contributed by atoms with Crippen molar-refractivity contribution in [2.45, 2.75) is 6.42 Å². The highest BCUT2D eigenvalue weighted by molar-refractivity contribution is 5.77. The predicted molar refractivity (Wildman–Crippen MR) is 43.4 cm³/mol. The van der Waals surface area contributed by atoms with E-state index in [2.05, 4.69) is 0 Å². The average molecular weight is 183 g/mol. The summed E-state index contributed by atoms with van der Waals surface area (Å²) in [6.07, 6.45) is -0.0988. The molecule has 0 saturated carbocycles. The Balaban J connectivity index is 2.83. The van der Waals surface area contributed by atoms with E-state index in [1.165, 1.54) is 17.6 Å². The first kappa shape index (κ1) is 9.34. The van der Waals surface area contributed by atoms with Gasteiger partial charge in [0.1, 0.15) is 11.5 Å². The second-order valence-corrected chi connectivity index (χ2v) is 2.57. The molecule has 13 heavy (non-hydrogen) atoms. The first-order valence-electron chi connectivity index (χ1n) is 3.56. The molecule has 0 radical (unpaired) electrons. The molecule has 4 N–H and O–H groups in total. The van der Waals surface area contributed by atoms with Crippen molar-refractivity contribution >= 4 is 5.91 Å². The maximum atomic E-state index is 10.7. The number of nitrogens with one attached hydrogen (secondary N) is 1. The minimum absolute atomic E-state index is 0.0988. The van der Waals surface area contributed by atoms with Crippen molar-refractivity contribution in [3.05, 3.63) is 23.8 Å². The van der Waals surface area contributed by atoms with Gasteiger partial charge in [-0.1, -0.05) is 0 Å². The summed E-state index contributed by atoms with van der Waals surface area (Å²) in [6.45, 7) is 0. The van der Waals surface area contributed by atoms with Gasteiger partial charge in [0.15, 0.2) is 0 Å². The van der Waals surface area contributed by atoms with E-state index in [1.807, 2.05) is 0 Å². The van der Waals surface area contributed by atoms with E-state index in [0.29, 0.717) is 5.56 Å². The zero-order valence-electron chi connectivity index (χ0n) is 6.69. The fraction of sp³-hybridized carbons (Fsp3) is 0.125. The summed E-state index contributed by atoms with van der Waals surface area (Å²) in [7, 11) is 0. The van der Waals surface area contributed by atoms with E-state index in [9.17, 15) is 4.79 Å². The largest absolute Gasteiger partial charge is 0.508 e. The number of carbonyl (C=O) groups excluding carboxylic acids is 1. The number of amides is 1. The molecule has 0 aliphatic heterocycles. The summed E-state index contributed by atoms with van der Waals surface area (Å²) < 4.78 is 0. The Morgan fingerprint density at radius 2 is 1.77 bits per heavy atom. The van der Waals surface area contributed by atoms with Crippen LogP contribution in [-0.2, 0) is 11.2 Å². The lowest BCUT2D eigenvalue weighted by Gasteiger charge is -2.01. The average Bonchev–Trinajstić information content (AvgIpc) is 2.02. The van der Waals surface area contributed by atoms with Gasteiger partial charge >= 0.3 is 0 Å². The van der Waals surface area contributed by atoms with Gasteiger partial charge in [0.05, 0.1) is 6.42 Å². The van der Waals surface area contributed by atoms with Gasteiger partial charge in [0.2, 0.25) is 5.91 Å². The minimum Gasteiger partial charge on any atom is -0.508 e. The molecule has 0 fully saturated rings. The molecule has 0 atom stereocenters. The fourth-order valence-corrected chi connectivity index (χ4v) is 0.983. The summed E-state index contributed by atoms with van der Waals surface area (Å²) in [5, 5.41) is 26.3. The molecule has 0 aromatic heterocycles. The third kappa shape index (κ3) is 2.64. The van der Waals surface area contributed by atoms with Crippen LogP contribution in [0.15, 0.2) is 18.2 Å². The minimum atomic E-state index is -0.606. The van der Waals surface area contributed by atoms with Gasteiger partial charge in [0.25, 0.3) is 0 Å². The van der Waals surface area contributed by atoms with Crippen LogP contribution >= 0.6 is 0 Å². The number of carbonyl (C=O) groups is 1. The van der Waals surface area contributed by atoms with Gasteiger partial charge in [-0.2, -0.15) is 0 Å². The Morgan fingerprint density at radius 3 is 2.23 bits per heavy atom. The summed E-state index contributed by atoms with van der Waals surface area (Å²) in [6, 6.07) is 3.81. The van der Waals surface area contributed by atoms with Crippen molar-refractivity contribution in [2.75, 3.05) is 0 Å². The number of aromatic hydroxyl groups is 2. The fourth-order valence-electron chi connectivity index (χ4n) is 0.983. The number of hydrogen-bond donors (Lipinski definition) is 4. The second kappa shape index (κ2) is 3.77. The lowest BCUT2D eigenvalue weighted by atomic mass is 10.1. The molecule has 70 valence electrons. The molecule has 0 unspecified atom stereocenters. The Labute approximate surface area is 74.2 Å². The van der Waals surface area contributed by atoms with Gasteiger partial charge in [-0.15, -0.1) is 0 Å². The molecule has 1 amide bonds. The number of benzene rings is 1. The Morgan fingerprint density at radius 1 is 1.23 bits per heavy atom. The predicted octanol–water partition coefficient (Wildman–Crippen LogP) is 0.146. The Kier molecular flexibility index (Phi) is 2.71. The number of hydroxylamine groups is 1. The van der Waals surface area contributed by atoms with Crippen LogP contribution in [0.25, 0.3) is 0 Å². The van der Waals surface area contributed by atoms with Crippen LogP contribution < -0.4 is 5.48 Å². The van der Waals surface area contributed by atoms with Gasteiger partial charge < -0.3 is 10.2 Å². The van der Waals surface area contributed by atoms with Crippen molar-refractivity contribution in [3.8, 4) is 11.5 Å². The third-order valence-corrected chi connectivity index (χ3v) is 1.45. The number of rotatable bonds is 2. The molecule has 0 saturated heterocycles. The zero-order valence-corrected chi connectivity index (χ0v) is 6.69. The molecule has 1 rings (SSSR count). The Bertz CT molecular complexity index is 304. The molecule has 1 aromatic carbocycles. The highest BCUT2D eigenvalue weighted by Crippen LogP contribution is 2.20. The van der Waals surface area contributed by atoms with E-state index in [1.54, 1.807) is 0 Å². The highest BCUT2D eigenvalue weighted by Gasteiger charge is 2.04. The zero-order chi connectivity index (χ0) is 9.84. The molecule has 0 aliphatic rings. The molecule has 5 nitrogen and oxygen atoms in total. The molecule has 0 bridgehead atoms. The molecular weight excluding hydrogens is 174 g/mol. The van der Waals surface area contributed by atoms with Crippen LogP contribution in [0.2, 0.25) is 0 Å². The van der Waals surface area contributed by atoms with E-state index >= 15 is 0 Å². The molecule has 0 aliphatic carbocycles. The van der Waals surface area contributed by atoms with Gasteiger partial charge in [0, 0.05) is 6.07 Å². The smallest absolute Gasteiger partial charge is 0.247 e. The van der Waals surface area contributed by atoms with Crippen molar-refractivity contribution in [1.29, 1.82) is 0 Å². The van der Waals surface area contributed by atoms with Crippen LogP contribution in [0.1, 0.15) is 5.56 Å². The summed E-state index contributed by atoms with van der Waals surface area (Å²) in [4.78, 5) is 10.7. The summed E-state index contributed by atoms with van der Waals surface area (Å²) in [5.41, 5.74) is 1.87. The van der Waals surface area contributed by atoms with E-state index in [0.717, 1.165) is 6.07 Å². The van der Waals surface area contributed by atoms with E-state index in [4.69, 9.17) is 15.4 Å². The van der Waals surface area contributed by atoms with Crippen molar-refractivity contribution in [1.82, 2.24) is 5.48 Å². The normalized spacial score (nSPS) is 9.62. The first-order chi connectivity index (χ1) is 6.11. The van der Waals surface area contributed by atoms with Crippen LogP contribution in [0.3, 0.4) is 0 Å². The van der Waals surface area contributed by atoms with E-state index < -0.39 is 5.91 Å². The van der Waals surface area contributed by atoms with Crippen molar-refractivity contribution in [3.63, 3.8) is 0 Å². The first-order valence-corrected chi connectivity index (χ1v) is 3.56. The van der Waals surface area contributed by atoms with Gasteiger partial charge in [-0.25, -0.2) is 5.48 Å². The molecule has 1 aromatic rings. The topological polar surface area (TPSA) is 89.8 Å². The van der Waals surface area contributed by atoms with Crippen LogP contribution in [0, 0.1) is 0 Å². The SMILES string of the molecule is O=C(Cc1cc(O)cc(O)c1)NO. The van der Waals surface area contributed by atoms with Crippen LogP contribution in [0.4, 0.5) is 0 Å². The molecule has 5 heteroatoms. The number of phenolic OH excluding ortho intramolecular Hbond substituents is 2. The van der Waals surface area contributed by atoms with Crippen LogP contribution in [-0.4, -0.2) is 21.3 Å². The molecule has 0 spiro atoms. The van der Waals surface area contributed by atoms with Gasteiger partial charge in [-0.3, -0.25) is 10.0 Å². The van der Waals surface area contributed by atoms with E-state index in [-0.39, 0.29) is 17.9 Å². The van der Waals surface area contributed by atoms with Crippen molar-refractivity contribution < 1.29 is 20.2 Å². The maximum Gasteiger partial charge on any atom is 0.247 e.